The van der Waals surface area contributed by atoms with Gasteiger partial charge in [-0.15, -0.1) is 0 Å². The van der Waals surface area contributed by atoms with Crippen LogP contribution in [0.3, 0.4) is 0 Å². The Bertz CT molecular complexity index is 585. The highest BCUT2D eigenvalue weighted by molar-refractivity contribution is 5.36. The minimum atomic E-state index is 0.597. The van der Waals surface area contributed by atoms with E-state index in [4.69, 9.17) is 9.47 Å². The maximum Gasteiger partial charge on any atom is 0.219 e. The topological polar surface area (TPSA) is 43.4 Å². The molecular weight excluding hydrogens is 264 g/mol. The molecule has 0 aliphatic carbocycles. The van der Waals surface area contributed by atoms with Crippen LogP contribution in [-0.2, 0) is 6.54 Å². The molecule has 2 aromatic rings. The van der Waals surface area contributed by atoms with Crippen LogP contribution >= 0.6 is 0 Å². The van der Waals surface area contributed by atoms with E-state index >= 15 is 0 Å². The van der Waals surface area contributed by atoms with E-state index in [1.807, 2.05) is 37.3 Å². The number of benzene rings is 1. The predicted molar refractivity (Wildman–Crippen MR) is 84.0 cm³/mol. The van der Waals surface area contributed by atoms with Crippen molar-refractivity contribution in [3.05, 3.63) is 47.7 Å². The van der Waals surface area contributed by atoms with E-state index in [0.29, 0.717) is 5.88 Å². The van der Waals surface area contributed by atoms with Gasteiger partial charge in [0.2, 0.25) is 5.88 Å². The van der Waals surface area contributed by atoms with Gasteiger partial charge in [-0.2, -0.15) is 0 Å². The number of aryl methyl sites for hydroxylation is 1. The lowest BCUT2D eigenvalue weighted by molar-refractivity contribution is 0.407. The SMILES string of the molecule is CCCNCc1ccc(Oc2cccc(OC)c2)nc1C. The van der Waals surface area contributed by atoms with E-state index in [1.165, 1.54) is 5.56 Å². The Hall–Kier alpha value is -2.07. The Morgan fingerprint density at radius 1 is 1.14 bits per heavy atom. The van der Waals surface area contributed by atoms with Gasteiger partial charge in [0.15, 0.2) is 0 Å². The fourth-order valence-electron chi connectivity index (χ4n) is 2.00. The summed E-state index contributed by atoms with van der Waals surface area (Å²) in [4.78, 5) is 4.50. The van der Waals surface area contributed by atoms with Crippen LogP contribution in [0.15, 0.2) is 36.4 Å². The summed E-state index contributed by atoms with van der Waals surface area (Å²) in [5.74, 6) is 2.09. The van der Waals surface area contributed by atoms with Crippen molar-refractivity contribution in [3.63, 3.8) is 0 Å². The number of nitrogens with zero attached hydrogens (tertiary/aromatic N) is 1. The highest BCUT2D eigenvalue weighted by Gasteiger charge is 2.04. The first-order chi connectivity index (χ1) is 10.2. The fraction of sp³-hybridized carbons (Fsp3) is 0.353. The second-order valence-electron chi connectivity index (χ2n) is 4.85. The first-order valence-electron chi connectivity index (χ1n) is 7.22. The predicted octanol–water partition coefficient (Wildman–Crippen LogP) is 3.69. The molecule has 0 amide bonds. The van der Waals surface area contributed by atoms with E-state index in [2.05, 4.69) is 23.3 Å². The van der Waals surface area contributed by atoms with Gasteiger partial charge in [-0.3, -0.25) is 0 Å². The van der Waals surface area contributed by atoms with E-state index in [0.717, 1.165) is 36.7 Å². The van der Waals surface area contributed by atoms with Crippen LogP contribution in [0, 0.1) is 6.92 Å². The van der Waals surface area contributed by atoms with Gasteiger partial charge in [-0.05, 0) is 37.6 Å². The van der Waals surface area contributed by atoms with Crippen LogP contribution < -0.4 is 14.8 Å². The molecule has 112 valence electrons. The first-order valence-corrected chi connectivity index (χ1v) is 7.22. The summed E-state index contributed by atoms with van der Waals surface area (Å²) in [5, 5.41) is 3.38. The molecule has 0 saturated carbocycles. The van der Waals surface area contributed by atoms with Gasteiger partial charge in [-0.1, -0.05) is 19.1 Å². The molecule has 0 atom stereocenters. The van der Waals surface area contributed by atoms with Gasteiger partial charge in [0.1, 0.15) is 11.5 Å². The van der Waals surface area contributed by atoms with Crippen LogP contribution in [0.4, 0.5) is 0 Å². The summed E-state index contributed by atoms with van der Waals surface area (Å²) >= 11 is 0. The average molecular weight is 286 g/mol. The summed E-state index contributed by atoms with van der Waals surface area (Å²) in [6, 6.07) is 11.5. The number of nitrogens with one attached hydrogen (secondary N) is 1. The van der Waals surface area contributed by atoms with Crippen LogP contribution in [-0.4, -0.2) is 18.6 Å². The standard InChI is InChI=1S/C17H22N2O2/c1-4-10-18-12-14-8-9-17(19-13(14)2)21-16-7-5-6-15(11-16)20-3/h5-9,11,18H,4,10,12H2,1-3H3. The maximum absolute atomic E-state index is 5.77. The Kier molecular flexibility index (Phi) is 5.58. The van der Waals surface area contributed by atoms with Gasteiger partial charge in [-0.25, -0.2) is 4.98 Å². The van der Waals surface area contributed by atoms with Gasteiger partial charge >= 0.3 is 0 Å². The van der Waals surface area contributed by atoms with Gasteiger partial charge in [0.25, 0.3) is 0 Å². The number of rotatable bonds is 7. The minimum absolute atomic E-state index is 0.597. The molecule has 0 bridgehead atoms. The van der Waals surface area contributed by atoms with Crippen molar-refractivity contribution in [1.29, 1.82) is 0 Å². The van der Waals surface area contributed by atoms with Crippen LogP contribution in [0.1, 0.15) is 24.6 Å². The highest BCUT2D eigenvalue weighted by atomic mass is 16.5. The van der Waals surface area contributed by atoms with E-state index in [9.17, 15) is 0 Å². The number of ether oxygens (including phenoxy) is 2. The molecule has 1 aromatic heterocycles. The summed E-state index contributed by atoms with van der Waals surface area (Å²) in [6.45, 7) is 6.01. The van der Waals surface area contributed by atoms with Gasteiger partial charge in [0.05, 0.1) is 7.11 Å². The average Bonchev–Trinajstić information content (AvgIpc) is 2.50. The van der Waals surface area contributed by atoms with Crippen molar-refractivity contribution < 1.29 is 9.47 Å². The molecule has 21 heavy (non-hydrogen) atoms. The summed E-state index contributed by atoms with van der Waals surface area (Å²) in [7, 11) is 1.64. The van der Waals surface area contributed by atoms with Crippen molar-refractivity contribution >= 4 is 0 Å². The quantitative estimate of drug-likeness (QED) is 0.788. The third-order valence-electron chi connectivity index (χ3n) is 3.18. The molecule has 0 aliphatic heterocycles. The van der Waals surface area contributed by atoms with Gasteiger partial charge < -0.3 is 14.8 Å². The fourth-order valence-corrected chi connectivity index (χ4v) is 2.00. The molecule has 0 unspecified atom stereocenters. The molecule has 2 rings (SSSR count). The number of hydrogen-bond donors (Lipinski definition) is 1. The number of hydrogen-bond acceptors (Lipinski definition) is 4. The Balaban J connectivity index is 2.05. The lowest BCUT2D eigenvalue weighted by Gasteiger charge is -2.10. The van der Waals surface area contributed by atoms with E-state index < -0.39 is 0 Å². The van der Waals surface area contributed by atoms with Crippen molar-refractivity contribution in [2.45, 2.75) is 26.8 Å². The smallest absolute Gasteiger partial charge is 0.219 e. The monoisotopic (exact) mass is 286 g/mol. The zero-order chi connectivity index (χ0) is 15.1. The van der Waals surface area contributed by atoms with Gasteiger partial charge in [0, 0.05) is 24.4 Å². The minimum Gasteiger partial charge on any atom is -0.497 e. The molecule has 1 N–H and O–H groups in total. The van der Waals surface area contributed by atoms with Crippen molar-refractivity contribution in [3.8, 4) is 17.4 Å². The molecule has 4 nitrogen and oxygen atoms in total. The highest BCUT2D eigenvalue weighted by Crippen LogP contribution is 2.24. The zero-order valence-corrected chi connectivity index (χ0v) is 12.8. The number of aromatic nitrogens is 1. The Morgan fingerprint density at radius 3 is 2.67 bits per heavy atom. The van der Waals surface area contributed by atoms with Crippen LogP contribution in [0.25, 0.3) is 0 Å². The second-order valence-corrected chi connectivity index (χ2v) is 4.85. The molecule has 0 aliphatic rings. The van der Waals surface area contributed by atoms with Crippen molar-refractivity contribution in [2.24, 2.45) is 0 Å². The molecular formula is C17H22N2O2. The number of pyridine rings is 1. The second kappa shape index (κ2) is 7.64. The lowest BCUT2D eigenvalue weighted by atomic mass is 10.2. The molecule has 0 fully saturated rings. The maximum atomic E-state index is 5.77. The first kappa shape index (κ1) is 15.3. The molecule has 1 heterocycles. The van der Waals surface area contributed by atoms with Crippen molar-refractivity contribution in [2.75, 3.05) is 13.7 Å². The molecule has 1 aromatic carbocycles. The Morgan fingerprint density at radius 2 is 1.95 bits per heavy atom. The molecule has 0 saturated heterocycles. The van der Waals surface area contributed by atoms with Crippen LogP contribution in [0.2, 0.25) is 0 Å². The molecule has 0 spiro atoms. The molecule has 0 radical (unpaired) electrons. The normalized spacial score (nSPS) is 10.4. The lowest BCUT2D eigenvalue weighted by Crippen LogP contribution is -2.15. The van der Waals surface area contributed by atoms with E-state index in [1.54, 1.807) is 7.11 Å². The summed E-state index contributed by atoms with van der Waals surface area (Å²) < 4.78 is 11.0. The van der Waals surface area contributed by atoms with Crippen molar-refractivity contribution in [1.82, 2.24) is 10.3 Å². The number of methoxy groups -OCH3 is 1. The summed E-state index contributed by atoms with van der Waals surface area (Å²) in [5.41, 5.74) is 2.18. The summed E-state index contributed by atoms with van der Waals surface area (Å²) in [6.07, 6.45) is 1.13. The Labute approximate surface area is 126 Å². The van der Waals surface area contributed by atoms with E-state index in [-0.39, 0.29) is 0 Å². The van der Waals surface area contributed by atoms with Crippen LogP contribution in [0.5, 0.6) is 17.4 Å². The third-order valence-corrected chi connectivity index (χ3v) is 3.18. The largest absolute Gasteiger partial charge is 0.497 e. The molecule has 4 heteroatoms. The zero-order valence-electron chi connectivity index (χ0n) is 12.8. The third kappa shape index (κ3) is 4.46.